The van der Waals surface area contributed by atoms with Gasteiger partial charge in [0.05, 0.1) is 10.5 Å². The molecule has 2 saturated heterocycles. The van der Waals surface area contributed by atoms with Gasteiger partial charge in [0.1, 0.15) is 21.6 Å². The minimum absolute atomic E-state index is 0.119. The molecule has 3 aliphatic rings. The Balaban J connectivity index is 1.34. The number of thioether (sulfide) groups is 1. The molecule has 0 spiro atoms. The molecule has 3 fully saturated rings. The van der Waals surface area contributed by atoms with Crippen molar-refractivity contribution in [3.63, 3.8) is 0 Å². The van der Waals surface area contributed by atoms with E-state index >= 15 is 0 Å². The lowest BCUT2D eigenvalue weighted by atomic mass is 10.2. The molecule has 190 valence electrons. The number of amides is 1. The zero-order chi connectivity index (χ0) is 25.5. The van der Waals surface area contributed by atoms with E-state index < -0.39 is 0 Å². The minimum Gasteiger partial charge on any atom is -0.368 e. The Bertz CT molecular complexity index is 1460. The molecule has 1 amide bonds. The lowest BCUT2D eigenvalue weighted by molar-refractivity contribution is -0.123. The van der Waals surface area contributed by atoms with Crippen molar-refractivity contribution in [1.29, 1.82) is 0 Å². The van der Waals surface area contributed by atoms with E-state index in [1.807, 2.05) is 12.1 Å². The highest BCUT2D eigenvalue weighted by Gasteiger charge is 2.38. The van der Waals surface area contributed by atoms with Crippen molar-refractivity contribution in [2.45, 2.75) is 31.7 Å². The maximum Gasteiger partial charge on any atom is 0.267 e. The second-order valence-corrected chi connectivity index (χ2v) is 11.2. The number of fused-ring (bicyclic) bond motifs is 1. The fraction of sp³-hybridized carbons (Fsp3) is 0.333. The molecule has 0 unspecified atom stereocenters. The molecule has 7 nitrogen and oxygen atoms in total. The molecule has 2 aromatic heterocycles. The summed E-state index contributed by atoms with van der Waals surface area (Å²) in [6, 6.07) is 12.1. The minimum atomic E-state index is -0.258. The molecular formula is C27H26FN5O2S2. The van der Waals surface area contributed by atoms with Crippen LogP contribution >= 0.6 is 24.0 Å². The number of piperazine rings is 1. The molecule has 3 aromatic rings. The van der Waals surface area contributed by atoms with Crippen LogP contribution in [0.1, 0.15) is 31.2 Å². The number of carbonyl (C=O) groups excluding carboxylic acids is 1. The van der Waals surface area contributed by atoms with Crippen LogP contribution in [0.5, 0.6) is 0 Å². The van der Waals surface area contributed by atoms with Crippen molar-refractivity contribution in [2.24, 2.45) is 0 Å². The SMILES string of the molecule is O=C1/C(=C/c2c(N3CCN(c4ccc(F)cc4)CC3)nc3ccccn3c2=O)SC(=S)N1C1CCCC1. The Labute approximate surface area is 223 Å². The van der Waals surface area contributed by atoms with E-state index in [0.717, 1.165) is 31.4 Å². The van der Waals surface area contributed by atoms with Gasteiger partial charge in [0, 0.05) is 44.1 Å². The third-order valence-electron chi connectivity index (χ3n) is 7.31. The first kappa shape index (κ1) is 24.1. The predicted octanol–water partition coefficient (Wildman–Crippen LogP) is 4.30. The van der Waals surface area contributed by atoms with Gasteiger partial charge in [0.2, 0.25) is 0 Å². The van der Waals surface area contributed by atoms with Crippen molar-refractivity contribution < 1.29 is 9.18 Å². The van der Waals surface area contributed by atoms with Crippen LogP contribution in [0.2, 0.25) is 0 Å². The maximum absolute atomic E-state index is 13.7. The van der Waals surface area contributed by atoms with Crippen molar-refractivity contribution >= 4 is 57.4 Å². The summed E-state index contributed by atoms with van der Waals surface area (Å²) < 4.78 is 15.4. The monoisotopic (exact) mass is 535 g/mol. The third-order valence-corrected chi connectivity index (χ3v) is 8.64. The second-order valence-electron chi connectivity index (χ2n) is 9.52. The predicted molar refractivity (Wildman–Crippen MR) is 150 cm³/mol. The molecule has 6 rings (SSSR count). The number of benzene rings is 1. The fourth-order valence-electron chi connectivity index (χ4n) is 5.37. The van der Waals surface area contributed by atoms with Crippen molar-refractivity contribution in [3.05, 3.63) is 75.3 Å². The number of anilines is 2. The molecule has 0 N–H and O–H groups in total. The highest BCUT2D eigenvalue weighted by Crippen LogP contribution is 2.38. The summed E-state index contributed by atoms with van der Waals surface area (Å²) in [7, 11) is 0. The van der Waals surface area contributed by atoms with Gasteiger partial charge in [-0.25, -0.2) is 9.37 Å². The fourth-order valence-corrected chi connectivity index (χ4v) is 6.76. The second kappa shape index (κ2) is 9.90. The number of hydrogen-bond acceptors (Lipinski definition) is 7. The van der Waals surface area contributed by atoms with Gasteiger partial charge in [0.15, 0.2) is 0 Å². The Morgan fingerprint density at radius 1 is 0.973 bits per heavy atom. The first-order valence-corrected chi connectivity index (χ1v) is 13.8. The van der Waals surface area contributed by atoms with Crippen LogP contribution in [0.25, 0.3) is 11.7 Å². The van der Waals surface area contributed by atoms with Gasteiger partial charge in [0.25, 0.3) is 11.5 Å². The summed E-state index contributed by atoms with van der Waals surface area (Å²) in [4.78, 5) is 38.4. The molecule has 1 saturated carbocycles. The Morgan fingerprint density at radius 2 is 1.68 bits per heavy atom. The van der Waals surface area contributed by atoms with Crippen LogP contribution in [0.4, 0.5) is 15.9 Å². The largest absolute Gasteiger partial charge is 0.368 e. The summed E-state index contributed by atoms with van der Waals surface area (Å²) in [6.07, 6.45) is 7.51. The quantitative estimate of drug-likeness (QED) is 0.365. The van der Waals surface area contributed by atoms with Gasteiger partial charge in [-0.1, -0.05) is 42.9 Å². The molecular weight excluding hydrogens is 509 g/mol. The number of nitrogens with zero attached hydrogens (tertiary/aromatic N) is 5. The van der Waals surface area contributed by atoms with E-state index in [-0.39, 0.29) is 23.3 Å². The van der Waals surface area contributed by atoms with E-state index in [2.05, 4.69) is 9.80 Å². The van der Waals surface area contributed by atoms with E-state index in [1.165, 1.54) is 28.3 Å². The summed E-state index contributed by atoms with van der Waals surface area (Å²) in [5, 5.41) is 0. The van der Waals surface area contributed by atoms with Gasteiger partial charge in [-0.05, 0) is 55.3 Å². The average molecular weight is 536 g/mol. The highest BCUT2D eigenvalue weighted by atomic mass is 32.2. The molecule has 0 radical (unpaired) electrons. The van der Waals surface area contributed by atoms with Gasteiger partial charge in [-0.2, -0.15) is 0 Å². The van der Waals surface area contributed by atoms with Crippen LogP contribution in [0, 0.1) is 5.82 Å². The summed E-state index contributed by atoms with van der Waals surface area (Å²) in [5.41, 5.74) is 1.70. The molecule has 1 aromatic carbocycles. The molecule has 4 heterocycles. The molecule has 0 atom stereocenters. The van der Waals surface area contributed by atoms with Crippen LogP contribution in [0.3, 0.4) is 0 Å². The normalized spacial score (nSPS) is 20.1. The van der Waals surface area contributed by atoms with Crippen molar-refractivity contribution in [1.82, 2.24) is 14.3 Å². The zero-order valence-electron chi connectivity index (χ0n) is 20.2. The number of thiocarbonyl (C=S) groups is 1. The molecule has 37 heavy (non-hydrogen) atoms. The zero-order valence-corrected chi connectivity index (χ0v) is 21.8. The smallest absolute Gasteiger partial charge is 0.267 e. The van der Waals surface area contributed by atoms with Gasteiger partial charge in [-0.15, -0.1) is 0 Å². The molecule has 2 aliphatic heterocycles. The van der Waals surface area contributed by atoms with E-state index in [9.17, 15) is 14.0 Å². The summed E-state index contributed by atoms with van der Waals surface area (Å²) >= 11 is 6.84. The van der Waals surface area contributed by atoms with E-state index in [4.69, 9.17) is 17.2 Å². The first-order valence-electron chi connectivity index (χ1n) is 12.5. The highest BCUT2D eigenvalue weighted by molar-refractivity contribution is 8.26. The van der Waals surface area contributed by atoms with Crippen LogP contribution < -0.4 is 15.4 Å². The standard InChI is InChI=1S/C27H26FN5O2S2/c28-18-8-10-19(11-9-18)30-13-15-31(16-14-30)24-21(25(34)32-12-4-3-7-23(32)29-24)17-22-26(35)33(27(36)37-22)20-5-1-2-6-20/h3-4,7-12,17,20H,1-2,5-6,13-16H2/b22-17-. The number of aromatic nitrogens is 2. The average Bonchev–Trinajstić information content (AvgIpc) is 3.53. The van der Waals surface area contributed by atoms with E-state index in [1.54, 1.807) is 35.4 Å². The van der Waals surface area contributed by atoms with Crippen LogP contribution in [0.15, 0.2) is 58.4 Å². The Kier molecular flexibility index (Phi) is 6.46. The number of rotatable bonds is 4. The van der Waals surface area contributed by atoms with Gasteiger partial charge in [-0.3, -0.25) is 18.9 Å². The number of halogens is 1. The van der Waals surface area contributed by atoms with Crippen molar-refractivity contribution in [3.8, 4) is 0 Å². The summed E-state index contributed by atoms with van der Waals surface area (Å²) in [5.74, 6) is 0.193. The summed E-state index contributed by atoms with van der Waals surface area (Å²) in [6.45, 7) is 2.67. The number of pyridine rings is 1. The van der Waals surface area contributed by atoms with Crippen molar-refractivity contribution in [2.75, 3.05) is 36.0 Å². The molecule has 0 bridgehead atoms. The molecule has 10 heteroatoms. The first-order chi connectivity index (χ1) is 18.0. The van der Waals surface area contributed by atoms with Gasteiger partial charge < -0.3 is 9.80 Å². The molecule has 1 aliphatic carbocycles. The maximum atomic E-state index is 13.7. The van der Waals surface area contributed by atoms with Gasteiger partial charge >= 0.3 is 0 Å². The van der Waals surface area contributed by atoms with E-state index in [0.29, 0.717) is 52.4 Å². The Hall–Kier alpha value is -3.24. The third kappa shape index (κ3) is 4.53. The van der Waals surface area contributed by atoms with Crippen LogP contribution in [-0.4, -0.2) is 56.7 Å². The van der Waals surface area contributed by atoms with Crippen LogP contribution in [-0.2, 0) is 4.79 Å². The number of carbonyl (C=O) groups is 1. The Morgan fingerprint density at radius 3 is 2.41 bits per heavy atom. The lowest BCUT2D eigenvalue weighted by Gasteiger charge is -2.37. The topological polar surface area (TPSA) is 61.2 Å². The number of hydrogen-bond donors (Lipinski definition) is 0. The lowest BCUT2D eigenvalue weighted by Crippen LogP contribution is -2.47.